The van der Waals surface area contributed by atoms with E-state index in [1.165, 1.54) is 16.7 Å². The molecule has 1 fully saturated rings. The number of aliphatic carboxylic acids is 1. The molecular formula is C27H31N3O3. The standard InChI is InChI=1S/C27H31N3O3/c1-17(2)13-18-3-5-19(6-4-18)26-28-25(29-33-26)21-7-8-22-15-30(16-23(22)14-21)24-11-9-20(10-12-24)27(31)32/h3-8,14,17,20,24H,9-13,15-16H2,1-2H3,(H,31,32). The number of nitrogens with zero attached hydrogens (tertiary/aromatic N) is 3. The van der Waals surface area contributed by atoms with E-state index in [1.807, 2.05) is 0 Å². The molecule has 0 amide bonds. The van der Waals surface area contributed by atoms with Crippen LogP contribution in [0.3, 0.4) is 0 Å². The lowest BCUT2D eigenvalue weighted by Gasteiger charge is -2.33. The van der Waals surface area contributed by atoms with Gasteiger partial charge in [-0.1, -0.05) is 43.3 Å². The molecule has 0 bridgehead atoms. The minimum absolute atomic E-state index is 0.170. The highest BCUT2D eigenvalue weighted by atomic mass is 16.5. The van der Waals surface area contributed by atoms with E-state index in [-0.39, 0.29) is 5.92 Å². The minimum atomic E-state index is -0.645. The van der Waals surface area contributed by atoms with Gasteiger partial charge in [-0.05, 0) is 72.9 Å². The van der Waals surface area contributed by atoms with Crippen LogP contribution in [0.4, 0.5) is 0 Å². The number of hydrogen-bond donors (Lipinski definition) is 1. The van der Waals surface area contributed by atoms with Crippen LogP contribution in [0.1, 0.15) is 56.2 Å². The molecule has 0 unspecified atom stereocenters. The Hall–Kier alpha value is -2.99. The van der Waals surface area contributed by atoms with Gasteiger partial charge in [0, 0.05) is 30.3 Å². The summed E-state index contributed by atoms with van der Waals surface area (Å²) in [5.41, 5.74) is 5.86. The van der Waals surface area contributed by atoms with E-state index in [9.17, 15) is 9.90 Å². The minimum Gasteiger partial charge on any atom is -0.481 e. The monoisotopic (exact) mass is 445 g/mol. The van der Waals surface area contributed by atoms with E-state index in [0.29, 0.717) is 23.7 Å². The zero-order chi connectivity index (χ0) is 22.9. The van der Waals surface area contributed by atoms with E-state index in [4.69, 9.17) is 4.52 Å². The van der Waals surface area contributed by atoms with Gasteiger partial charge in [0.2, 0.25) is 5.82 Å². The molecule has 1 aliphatic carbocycles. The zero-order valence-electron chi connectivity index (χ0n) is 19.3. The number of hydrogen-bond acceptors (Lipinski definition) is 5. The van der Waals surface area contributed by atoms with Gasteiger partial charge in [-0.15, -0.1) is 0 Å². The van der Waals surface area contributed by atoms with Crippen LogP contribution in [0.2, 0.25) is 0 Å². The van der Waals surface area contributed by atoms with E-state index >= 15 is 0 Å². The van der Waals surface area contributed by atoms with Crippen molar-refractivity contribution >= 4 is 5.97 Å². The average Bonchev–Trinajstić information content (AvgIpc) is 3.46. The third kappa shape index (κ3) is 4.71. The first-order valence-corrected chi connectivity index (χ1v) is 12.0. The predicted octanol–water partition coefficient (Wildman–Crippen LogP) is 5.56. The lowest BCUT2D eigenvalue weighted by Crippen LogP contribution is -2.35. The first-order valence-electron chi connectivity index (χ1n) is 12.0. The van der Waals surface area contributed by atoms with Crippen LogP contribution in [0.5, 0.6) is 0 Å². The molecule has 172 valence electrons. The molecule has 1 N–H and O–H groups in total. The highest BCUT2D eigenvalue weighted by molar-refractivity contribution is 5.70. The first kappa shape index (κ1) is 21.8. The summed E-state index contributed by atoms with van der Waals surface area (Å²) < 4.78 is 5.57. The highest BCUT2D eigenvalue weighted by Gasteiger charge is 2.32. The lowest BCUT2D eigenvalue weighted by molar-refractivity contribution is -0.143. The Bertz CT molecular complexity index is 1130. The predicted molar refractivity (Wildman–Crippen MR) is 126 cm³/mol. The molecule has 33 heavy (non-hydrogen) atoms. The molecule has 1 aromatic heterocycles. The second-order valence-corrected chi connectivity index (χ2v) is 9.95. The summed E-state index contributed by atoms with van der Waals surface area (Å²) in [4.78, 5) is 18.4. The van der Waals surface area contributed by atoms with E-state index in [0.717, 1.165) is 56.3 Å². The van der Waals surface area contributed by atoms with Gasteiger partial charge in [-0.3, -0.25) is 9.69 Å². The summed E-state index contributed by atoms with van der Waals surface area (Å²) in [5.74, 6) is 0.963. The zero-order valence-corrected chi connectivity index (χ0v) is 19.3. The normalized spacial score (nSPS) is 20.8. The fraction of sp³-hybridized carbons (Fsp3) is 0.444. The van der Waals surface area contributed by atoms with Crippen molar-refractivity contribution in [2.75, 3.05) is 0 Å². The van der Waals surface area contributed by atoms with Gasteiger partial charge in [0.25, 0.3) is 5.89 Å². The Morgan fingerprint density at radius 3 is 2.42 bits per heavy atom. The van der Waals surface area contributed by atoms with Gasteiger partial charge in [-0.25, -0.2) is 0 Å². The third-order valence-corrected chi connectivity index (χ3v) is 7.04. The largest absolute Gasteiger partial charge is 0.481 e. The Labute approximate surface area is 194 Å². The molecular weight excluding hydrogens is 414 g/mol. The summed E-state index contributed by atoms with van der Waals surface area (Å²) in [6, 6.07) is 15.3. The number of carboxylic acid groups (broad SMARTS) is 1. The lowest BCUT2D eigenvalue weighted by atomic mass is 9.85. The smallest absolute Gasteiger partial charge is 0.306 e. The van der Waals surface area contributed by atoms with Crippen molar-refractivity contribution in [2.24, 2.45) is 11.8 Å². The number of aromatic nitrogens is 2. The molecule has 0 atom stereocenters. The van der Waals surface area contributed by atoms with Crippen LogP contribution in [-0.2, 0) is 24.3 Å². The van der Waals surface area contributed by atoms with Crippen molar-refractivity contribution in [3.05, 3.63) is 59.2 Å². The fourth-order valence-electron chi connectivity index (χ4n) is 5.22. The Balaban J connectivity index is 1.26. The van der Waals surface area contributed by atoms with Crippen molar-refractivity contribution < 1.29 is 14.4 Å². The first-order chi connectivity index (χ1) is 16.0. The van der Waals surface area contributed by atoms with Crippen molar-refractivity contribution in [3.8, 4) is 22.8 Å². The molecule has 5 rings (SSSR count). The van der Waals surface area contributed by atoms with Crippen LogP contribution in [0.15, 0.2) is 47.0 Å². The third-order valence-electron chi connectivity index (χ3n) is 7.04. The van der Waals surface area contributed by atoms with Crippen molar-refractivity contribution in [1.82, 2.24) is 15.0 Å². The molecule has 2 aromatic carbocycles. The van der Waals surface area contributed by atoms with Gasteiger partial charge >= 0.3 is 5.97 Å². The van der Waals surface area contributed by atoms with Crippen LogP contribution in [0, 0.1) is 11.8 Å². The van der Waals surface area contributed by atoms with Gasteiger partial charge in [0.05, 0.1) is 5.92 Å². The molecule has 0 radical (unpaired) electrons. The molecule has 2 heterocycles. The summed E-state index contributed by atoms with van der Waals surface area (Å²) in [7, 11) is 0. The quantitative estimate of drug-likeness (QED) is 0.535. The summed E-state index contributed by atoms with van der Waals surface area (Å²) >= 11 is 0. The maximum atomic E-state index is 11.2. The highest BCUT2D eigenvalue weighted by Crippen LogP contribution is 2.35. The molecule has 1 aliphatic heterocycles. The number of benzene rings is 2. The summed E-state index contributed by atoms with van der Waals surface area (Å²) in [5, 5.41) is 13.5. The van der Waals surface area contributed by atoms with Crippen LogP contribution >= 0.6 is 0 Å². The van der Waals surface area contributed by atoms with Gasteiger partial charge in [-0.2, -0.15) is 4.98 Å². The molecule has 2 aliphatic rings. The molecule has 6 nitrogen and oxygen atoms in total. The average molecular weight is 446 g/mol. The molecule has 0 saturated heterocycles. The van der Waals surface area contributed by atoms with Crippen molar-refractivity contribution in [2.45, 2.75) is 65.1 Å². The number of carboxylic acids is 1. The maximum Gasteiger partial charge on any atom is 0.306 e. The van der Waals surface area contributed by atoms with Crippen LogP contribution in [0.25, 0.3) is 22.8 Å². The second-order valence-electron chi connectivity index (χ2n) is 9.95. The van der Waals surface area contributed by atoms with Gasteiger partial charge in [0.1, 0.15) is 0 Å². The van der Waals surface area contributed by atoms with Crippen LogP contribution in [-0.4, -0.2) is 32.2 Å². The summed E-state index contributed by atoms with van der Waals surface area (Å²) in [6.07, 6.45) is 4.54. The molecule has 3 aromatic rings. The number of fused-ring (bicyclic) bond motifs is 1. The number of carbonyl (C=O) groups is 1. The Kier molecular flexibility index (Phi) is 6.02. The molecule has 6 heteroatoms. The SMILES string of the molecule is CC(C)Cc1ccc(-c2nc(-c3ccc4c(c3)CN(C3CCC(C(=O)O)CC3)C4)no2)cc1. The van der Waals surface area contributed by atoms with Gasteiger partial charge in [0.15, 0.2) is 0 Å². The van der Waals surface area contributed by atoms with E-state index in [2.05, 4.69) is 71.4 Å². The second kappa shape index (κ2) is 9.10. The Morgan fingerprint density at radius 2 is 1.73 bits per heavy atom. The fourth-order valence-corrected chi connectivity index (χ4v) is 5.22. The van der Waals surface area contributed by atoms with E-state index in [1.54, 1.807) is 0 Å². The summed E-state index contributed by atoms with van der Waals surface area (Å²) in [6.45, 7) is 6.27. The van der Waals surface area contributed by atoms with Crippen molar-refractivity contribution in [1.29, 1.82) is 0 Å². The van der Waals surface area contributed by atoms with Crippen molar-refractivity contribution in [3.63, 3.8) is 0 Å². The molecule has 0 spiro atoms. The number of rotatable bonds is 6. The van der Waals surface area contributed by atoms with Gasteiger partial charge < -0.3 is 9.63 Å². The Morgan fingerprint density at radius 1 is 1.03 bits per heavy atom. The van der Waals surface area contributed by atoms with E-state index < -0.39 is 5.97 Å². The maximum absolute atomic E-state index is 11.2. The van der Waals surface area contributed by atoms with Crippen LogP contribution < -0.4 is 0 Å². The topological polar surface area (TPSA) is 79.5 Å². The molecule has 1 saturated carbocycles.